The van der Waals surface area contributed by atoms with Crippen molar-refractivity contribution < 1.29 is 14.3 Å². The summed E-state index contributed by atoms with van der Waals surface area (Å²) in [6, 6.07) is 12.0. The Morgan fingerprint density at radius 3 is 2.61 bits per heavy atom. The van der Waals surface area contributed by atoms with Crippen molar-refractivity contribution in [3.05, 3.63) is 64.7 Å². The van der Waals surface area contributed by atoms with E-state index in [2.05, 4.69) is 4.99 Å². The van der Waals surface area contributed by atoms with Gasteiger partial charge in [-0.05, 0) is 43.7 Å². The molecule has 1 aromatic heterocycles. The molecule has 5 nitrogen and oxygen atoms in total. The molecule has 1 amide bonds. The maximum Gasteiger partial charge on any atom is 0.254 e. The van der Waals surface area contributed by atoms with Crippen LogP contribution in [0.5, 0.6) is 5.75 Å². The zero-order chi connectivity index (χ0) is 16.6. The summed E-state index contributed by atoms with van der Waals surface area (Å²) < 4.78 is 5.70. The Morgan fingerprint density at radius 1 is 1.13 bits per heavy atom. The molecule has 3 N–H and O–H groups in total. The van der Waals surface area contributed by atoms with Gasteiger partial charge in [-0.2, -0.15) is 0 Å². The number of phenols is 1. The van der Waals surface area contributed by atoms with Crippen molar-refractivity contribution in [2.45, 2.75) is 13.8 Å². The molecule has 3 rings (SSSR count). The van der Waals surface area contributed by atoms with E-state index < -0.39 is 5.91 Å². The largest absolute Gasteiger partial charge is 0.508 e. The molecule has 0 bridgehead atoms. The van der Waals surface area contributed by atoms with E-state index in [9.17, 15) is 9.90 Å². The second-order valence-electron chi connectivity index (χ2n) is 5.45. The number of aryl methyl sites for hydroxylation is 2. The lowest BCUT2D eigenvalue weighted by Crippen LogP contribution is -2.21. The van der Waals surface area contributed by atoms with Gasteiger partial charge in [0.2, 0.25) is 5.55 Å². The molecule has 0 spiro atoms. The van der Waals surface area contributed by atoms with Crippen molar-refractivity contribution in [3.8, 4) is 5.75 Å². The lowest BCUT2D eigenvalue weighted by molar-refractivity contribution is 0.0996. The highest BCUT2D eigenvalue weighted by atomic mass is 16.3. The Kier molecular flexibility index (Phi) is 3.62. The van der Waals surface area contributed by atoms with Crippen LogP contribution in [0.25, 0.3) is 11.0 Å². The summed E-state index contributed by atoms with van der Waals surface area (Å²) in [5, 5.41) is 10.2. The van der Waals surface area contributed by atoms with Crippen molar-refractivity contribution in [2.75, 3.05) is 0 Å². The Bertz CT molecular complexity index is 987. The second-order valence-corrected chi connectivity index (χ2v) is 5.45. The molecular weight excluding hydrogens is 292 g/mol. The minimum absolute atomic E-state index is 0.0746. The van der Waals surface area contributed by atoms with Gasteiger partial charge in [-0.25, -0.2) is 4.99 Å². The summed E-state index contributed by atoms with van der Waals surface area (Å²) in [6.45, 7) is 3.93. The predicted octanol–water partition coefficient (Wildman–Crippen LogP) is 3.09. The third-order valence-corrected chi connectivity index (χ3v) is 3.57. The van der Waals surface area contributed by atoms with Gasteiger partial charge in [0.1, 0.15) is 16.9 Å². The molecule has 0 radical (unpaired) electrons. The quantitative estimate of drug-likeness (QED) is 0.762. The fourth-order valence-corrected chi connectivity index (χ4v) is 2.41. The van der Waals surface area contributed by atoms with E-state index in [0.717, 1.165) is 11.1 Å². The highest BCUT2D eigenvalue weighted by Crippen LogP contribution is 2.21. The molecule has 0 aliphatic carbocycles. The molecule has 23 heavy (non-hydrogen) atoms. The standard InChI is InChI=1S/C18H16N2O3/c1-10-3-6-15(11(2)7-10)20-18-14(17(19)22)8-12-4-5-13(21)9-16(12)23-18/h3-9,21H,1-2H3,(H2,19,22). The minimum Gasteiger partial charge on any atom is -0.508 e. The van der Waals surface area contributed by atoms with E-state index in [1.54, 1.807) is 12.1 Å². The van der Waals surface area contributed by atoms with Crippen LogP contribution in [0.15, 0.2) is 51.9 Å². The van der Waals surface area contributed by atoms with Crippen LogP contribution in [0.2, 0.25) is 0 Å². The average Bonchev–Trinajstić information content (AvgIpc) is 2.49. The molecule has 0 unspecified atom stereocenters. The number of nitrogens with zero attached hydrogens (tertiary/aromatic N) is 1. The average molecular weight is 308 g/mol. The van der Waals surface area contributed by atoms with E-state index >= 15 is 0 Å². The molecule has 0 aliphatic rings. The number of amides is 1. The van der Waals surface area contributed by atoms with Crippen molar-refractivity contribution in [2.24, 2.45) is 10.7 Å². The summed E-state index contributed by atoms with van der Waals surface area (Å²) in [5.74, 6) is -0.544. The number of carbonyl (C=O) groups excluding carboxylic acids is 1. The summed E-state index contributed by atoms with van der Waals surface area (Å²) in [6.07, 6.45) is 0. The third kappa shape index (κ3) is 2.94. The van der Waals surface area contributed by atoms with Crippen molar-refractivity contribution >= 4 is 22.6 Å². The van der Waals surface area contributed by atoms with Crippen LogP contribution in [0.1, 0.15) is 21.5 Å². The molecule has 2 aromatic carbocycles. The van der Waals surface area contributed by atoms with Gasteiger partial charge in [-0.3, -0.25) is 4.79 Å². The number of aromatic hydroxyl groups is 1. The van der Waals surface area contributed by atoms with E-state index in [1.165, 1.54) is 12.1 Å². The zero-order valence-electron chi connectivity index (χ0n) is 12.8. The van der Waals surface area contributed by atoms with Crippen molar-refractivity contribution in [1.29, 1.82) is 0 Å². The van der Waals surface area contributed by atoms with E-state index in [-0.39, 0.29) is 16.9 Å². The molecule has 3 aromatic rings. The Hall–Kier alpha value is -3.08. The molecule has 5 heteroatoms. The van der Waals surface area contributed by atoms with Crippen LogP contribution in [0, 0.1) is 13.8 Å². The molecule has 0 saturated heterocycles. The molecule has 116 valence electrons. The number of hydrogen-bond acceptors (Lipinski definition) is 4. The van der Waals surface area contributed by atoms with Crippen molar-refractivity contribution in [3.63, 3.8) is 0 Å². The molecule has 1 heterocycles. The molecule has 0 saturated carbocycles. The molecule has 0 fully saturated rings. The third-order valence-electron chi connectivity index (χ3n) is 3.57. The van der Waals surface area contributed by atoms with Crippen LogP contribution in [-0.2, 0) is 0 Å². The second kappa shape index (κ2) is 5.61. The van der Waals surface area contributed by atoms with Gasteiger partial charge >= 0.3 is 0 Å². The van der Waals surface area contributed by atoms with Gasteiger partial charge in [0.15, 0.2) is 0 Å². The summed E-state index contributed by atoms with van der Waals surface area (Å²) in [5.41, 5.74) is 8.98. The summed E-state index contributed by atoms with van der Waals surface area (Å²) in [4.78, 5) is 16.1. The first-order chi connectivity index (χ1) is 10.9. The lowest BCUT2D eigenvalue weighted by Gasteiger charge is -2.04. The first kappa shape index (κ1) is 14.8. The smallest absolute Gasteiger partial charge is 0.254 e. The summed E-state index contributed by atoms with van der Waals surface area (Å²) in [7, 11) is 0. The van der Waals surface area contributed by atoms with Gasteiger partial charge in [0.25, 0.3) is 5.91 Å². The van der Waals surface area contributed by atoms with Crippen LogP contribution in [0.3, 0.4) is 0 Å². The molecule has 0 aliphatic heterocycles. The summed E-state index contributed by atoms with van der Waals surface area (Å²) >= 11 is 0. The number of carbonyl (C=O) groups is 1. The van der Waals surface area contributed by atoms with Gasteiger partial charge in [-0.15, -0.1) is 0 Å². The van der Waals surface area contributed by atoms with Gasteiger partial charge in [0.05, 0.1) is 5.69 Å². The molecule has 0 atom stereocenters. The van der Waals surface area contributed by atoms with E-state index in [4.69, 9.17) is 10.2 Å². The number of rotatable bonds is 2. The predicted molar refractivity (Wildman–Crippen MR) is 87.5 cm³/mol. The number of fused-ring (bicyclic) bond motifs is 1. The Morgan fingerprint density at radius 2 is 1.91 bits per heavy atom. The normalized spacial score (nSPS) is 11.8. The highest BCUT2D eigenvalue weighted by molar-refractivity contribution is 5.95. The van der Waals surface area contributed by atoms with Gasteiger partial charge in [0, 0.05) is 11.5 Å². The fraction of sp³-hybridized carbons (Fsp3) is 0.111. The highest BCUT2D eigenvalue weighted by Gasteiger charge is 2.10. The molecular formula is C18H16N2O3. The monoisotopic (exact) mass is 308 g/mol. The van der Waals surface area contributed by atoms with E-state index in [0.29, 0.717) is 16.7 Å². The minimum atomic E-state index is -0.618. The maximum absolute atomic E-state index is 11.7. The number of hydrogen-bond donors (Lipinski definition) is 2. The number of phenolic OH excluding ortho intramolecular Hbond substituents is 1. The lowest BCUT2D eigenvalue weighted by atomic mass is 10.1. The van der Waals surface area contributed by atoms with Crippen LogP contribution >= 0.6 is 0 Å². The van der Waals surface area contributed by atoms with Crippen LogP contribution in [-0.4, -0.2) is 11.0 Å². The topological polar surface area (TPSA) is 88.8 Å². The first-order valence-corrected chi connectivity index (χ1v) is 7.13. The fourth-order valence-electron chi connectivity index (χ4n) is 2.41. The number of benzene rings is 2. The maximum atomic E-state index is 11.7. The van der Waals surface area contributed by atoms with Crippen molar-refractivity contribution in [1.82, 2.24) is 0 Å². The van der Waals surface area contributed by atoms with Crippen LogP contribution < -0.4 is 11.3 Å². The van der Waals surface area contributed by atoms with E-state index in [1.807, 2.05) is 32.0 Å². The SMILES string of the molecule is Cc1ccc(N=c2oc3cc(O)ccc3cc2C(N)=O)c(C)c1. The Labute approximate surface area is 132 Å². The van der Waals surface area contributed by atoms with Gasteiger partial charge in [-0.1, -0.05) is 17.7 Å². The first-order valence-electron chi connectivity index (χ1n) is 7.13. The number of primary amides is 1. The van der Waals surface area contributed by atoms with Gasteiger partial charge < -0.3 is 15.3 Å². The van der Waals surface area contributed by atoms with Crippen LogP contribution in [0.4, 0.5) is 5.69 Å². The number of nitrogens with two attached hydrogens (primary N) is 1. The zero-order valence-corrected chi connectivity index (χ0v) is 12.8. The Balaban J connectivity index is 2.31.